The highest BCUT2D eigenvalue weighted by Crippen LogP contribution is 2.63. The number of hydrogen-bond acceptors (Lipinski definition) is 3. The van der Waals surface area contributed by atoms with E-state index in [2.05, 4.69) is 32.9 Å². The number of carbonyl (C=O) groups is 3. The van der Waals surface area contributed by atoms with Gasteiger partial charge in [0.1, 0.15) is 0 Å². The third-order valence-electron chi connectivity index (χ3n) is 9.37. The molecule has 4 rings (SSSR count). The van der Waals surface area contributed by atoms with Crippen molar-refractivity contribution >= 4 is 17.5 Å². The number of hydrogen-bond donors (Lipinski definition) is 1. The summed E-state index contributed by atoms with van der Waals surface area (Å²) in [4.78, 5) is 37.1. The molecule has 1 saturated carbocycles. The summed E-state index contributed by atoms with van der Waals surface area (Å²) in [5, 5.41) is 9.28. The van der Waals surface area contributed by atoms with E-state index in [9.17, 15) is 19.5 Å². The molecule has 4 heteroatoms. The van der Waals surface area contributed by atoms with Gasteiger partial charge in [-0.1, -0.05) is 58.4 Å². The second kappa shape index (κ2) is 7.97. The Bertz CT molecular complexity index is 979. The summed E-state index contributed by atoms with van der Waals surface area (Å²) in [5.41, 5.74) is 2.75. The SMILES string of the molecule is CC(/C=C/[C@@H](C)[C@H]1CCC2=C3C(=O)C=C4C(=O)C=CC[C@]4(C)[C@H]3CC[C@@]21C)C(C)C(=O)O. The number of carbonyl (C=O) groups excluding carboxylic acids is 2. The summed E-state index contributed by atoms with van der Waals surface area (Å²) in [6.07, 6.45) is 14.3. The first-order chi connectivity index (χ1) is 15.0. The van der Waals surface area contributed by atoms with Crippen molar-refractivity contribution in [3.8, 4) is 0 Å². The van der Waals surface area contributed by atoms with Crippen molar-refractivity contribution in [2.24, 2.45) is 40.4 Å². The molecule has 0 aromatic carbocycles. The van der Waals surface area contributed by atoms with Crippen molar-refractivity contribution in [2.75, 3.05) is 0 Å². The van der Waals surface area contributed by atoms with Gasteiger partial charge in [0.2, 0.25) is 0 Å². The van der Waals surface area contributed by atoms with E-state index >= 15 is 0 Å². The largest absolute Gasteiger partial charge is 0.481 e. The molecular weight excluding hydrogens is 400 g/mol. The molecule has 0 aromatic rings. The van der Waals surface area contributed by atoms with Crippen LogP contribution < -0.4 is 0 Å². The first-order valence-corrected chi connectivity index (χ1v) is 12.1. The van der Waals surface area contributed by atoms with Crippen LogP contribution in [0.25, 0.3) is 0 Å². The maximum Gasteiger partial charge on any atom is 0.306 e. The number of fused-ring (bicyclic) bond motifs is 4. The van der Waals surface area contributed by atoms with Crippen LogP contribution in [0.3, 0.4) is 0 Å². The molecule has 1 N–H and O–H groups in total. The van der Waals surface area contributed by atoms with E-state index in [0.29, 0.717) is 17.4 Å². The average molecular weight is 437 g/mol. The Balaban J connectivity index is 1.65. The number of aliphatic carboxylic acids is 1. The van der Waals surface area contributed by atoms with Gasteiger partial charge in [0.25, 0.3) is 0 Å². The lowest BCUT2D eigenvalue weighted by atomic mass is 9.52. The summed E-state index contributed by atoms with van der Waals surface area (Å²) < 4.78 is 0. The molecule has 0 spiro atoms. The zero-order valence-electron chi connectivity index (χ0n) is 20.0. The second-order valence-electron chi connectivity index (χ2n) is 11.1. The van der Waals surface area contributed by atoms with Crippen LogP contribution in [0.5, 0.6) is 0 Å². The zero-order valence-corrected chi connectivity index (χ0v) is 20.0. The minimum Gasteiger partial charge on any atom is -0.481 e. The first kappa shape index (κ1) is 22.9. The van der Waals surface area contributed by atoms with Crippen molar-refractivity contribution in [1.29, 1.82) is 0 Å². The highest BCUT2D eigenvalue weighted by molar-refractivity contribution is 6.16. The molecule has 1 fully saturated rings. The molecule has 172 valence electrons. The molecule has 0 aliphatic heterocycles. The molecule has 0 radical (unpaired) electrons. The molecule has 0 saturated heterocycles. The van der Waals surface area contributed by atoms with E-state index in [1.54, 1.807) is 19.1 Å². The summed E-state index contributed by atoms with van der Waals surface area (Å²) in [6, 6.07) is 0. The minimum absolute atomic E-state index is 0.00254. The van der Waals surface area contributed by atoms with Gasteiger partial charge in [-0.15, -0.1) is 0 Å². The fourth-order valence-electron chi connectivity index (χ4n) is 7.05. The summed E-state index contributed by atoms with van der Waals surface area (Å²) in [7, 11) is 0. The minimum atomic E-state index is -0.763. The molecule has 4 nitrogen and oxygen atoms in total. The summed E-state index contributed by atoms with van der Waals surface area (Å²) in [6.45, 7) is 10.4. The smallest absolute Gasteiger partial charge is 0.306 e. The third-order valence-corrected chi connectivity index (χ3v) is 9.37. The van der Waals surface area contributed by atoms with Crippen LogP contribution in [0.15, 0.2) is 47.1 Å². The predicted molar refractivity (Wildman–Crippen MR) is 125 cm³/mol. The molecule has 32 heavy (non-hydrogen) atoms. The molecular formula is C28H36O4. The molecule has 4 aliphatic rings. The standard InChI is InChI=1S/C28H36O4/c1-16(18(3)26(31)32)8-9-17(2)19-10-11-20-25-21(12-14-28(19,20)5)27(4)13-6-7-23(29)22(27)15-24(25)30/h6-9,15-19,21H,10-14H2,1-5H3,(H,31,32)/b9-8+/t16?,17-,18?,19-,21+,27-,28-/m1/s1. The van der Waals surface area contributed by atoms with Crippen LogP contribution in [0.4, 0.5) is 0 Å². The van der Waals surface area contributed by atoms with Crippen molar-refractivity contribution in [3.63, 3.8) is 0 Å². The second-order valence-corrected chi connectivity index (χ2v) is 11.1. The lowest BCUT2D eigenvalue weighted by Gasteiger charge is -2.50. The fourth-order valence-corrected chi connectivity index (χ4v) is 7.05. The Morgan fingerprint density at radius 1 is 1.09 bits per heavy atom. The topological polar surface area (TPSA) is 71.4 Å². The highest BCUT2D eigenvalue weighted by atomic mass is 16.4. The fraction of sp³-hybridized carbons (Fsp3) is 0.607. The van der Waals surface area contributed by atoms with Gasteiger partial charge in [-0.3, -0.25) is 14.4 Å². The Hall–Kier alpha value is -2.23. The summed E-state index contributed by atoms with van der Waals surface area (Å²) in [5.74, 6) is -0.241. The van der Waals surface area contributed by atoms with Gasteiger partial charge in [0.15, 0.2) is 11.6 Å². The van der Waals surface area contributed by atoms with Crippen LogP contribution in [0.2, 0.25) is 0 Å². The average Bonchev–Trinajstić information content (AvgIpc) is 3.09. The molecule has 0 aromatic heterocycles. The lowest BCUT2D eigenvalue weighted by molar-refractivity contribution is -0.142. The number of carboxylic acids is 1. The van der Waals surface area contributed by atoms with E-state index in [1.165, 1.54) is 5.57 Å². The Kier molecular flexibility index (Phi) is 5.71. The van der Waals surface area contributed by atoms with Gasteiger partial charge in [-0.2, -0.15) is 0 Å². The first-order valence-electron chi connectivity index (χ1n) is 12.1. The normalized spacial score (nSPS) is 37.0. The van der Waals surface area contributed by atoms with Gasteiger partial charge in [-0.25, -0.2) is 0 Å². The van der Waals surface area contributed by atoms with Crippen LogP contribution in [-0.2, 0) is 14.4 Å². The molecule has 0 bridgehead atoms. The number of rotatable bonds is 5. The number of allylic oxidation sites excluding steroid dienone is 8. The van der Waals surface area contributed by atoms with Gasteiger partial charge in [0.05, 0.1) is 5.92 Å². The van der Waals surface area contributed by atoms with Crippen LogP contribution in [0, 0.1) is 40.4 Å². The number of carboxylic acid groups (broad SMARTS) is 1. The van der Waals surface area contributed by atoms with E-state index in [4.69, 9.17) is 0 Å². The monoisotopic (exact) mass is 436 g/mol. The maximum atomic E-state index is 13.3. The Labute approximate surface area is 191 Å². The van der Waals surface area contributed by atoms with Crippen molar-refractivity contribution in [3.05, 3.63) is 47.1 Å². The van der Waals surface area contributed by atoms with Crippen molar-refractivity contribution < 1.29 is 19.5 Å². The Morgan fingerprint density at radius 2 is 1.81 bits per heavy atom. The van der Waals surface area contributed by atoms with E-state index in [1.807, 2.05) is 13.0 Å². The van der Waals surface area contributed by atoms with Crippen LogP contribution >= 0.6 is 0 Å². The van der Waals surface area contributed by atoms with Crippen LogP contribution in [-0.4, -0.2) is 22.6 Å². The van der Waals surface area contributed by atoms with E-state index in [-0.39, 0.29) is 34.2 Å². The molecule has 0 heterocycles. The highest BCUT2D eigenvalue weighted by Gasteiger charge is 2.55. The van der Waals surface area contributed by atoms with Crippen molar-refractivity contribution in [2.45, 2.75) is 66.7 Å². The van der Waals surface area contributed by atoms with Gasteiger partial charge in [0, 0.05) is 16.6 Å². The van der Waals surface area contributed by atoms with E-state index < -0.39 is 11.9 Å². The van der Waals surface area contributed by atoms with E-state index in [0.717, 1.165) is 37.7 Å². The lowest BCUT2D eigenvalue weighted by Crippen LogP contribution is -2.45. The predicted octanol–water partition coefficient (Wildman–Crippen LogP) is 5.70. The molecule has 0 amide bonds. The molecule has 2 unspecified atom stereocenters. The van der Waals surface area contributed by atoms with Gasteiger partial charge < -0.3 is 5.11 Å². The van der Waals surface area contributed by atoms with Gasteiger partial charge >= 0.3 is 5.97 Å². The van der Waals surface area contributed by atoms with Crippen molar-refractivity contribution in [1.82, 2.24) is 0 Å². The quantitative estimate of drug-likeness (QED) is 0.561. The van der Waals surface area contributed by atoms with Gasteiger partial charge in [-0.05, 0) is 73.3 Å². The molecule has 4 aliphatic carbocycles. The summed E-state index contributed by atoms with van der Waals surface area (Å²) >= 11 is 0. The zero-order chi connectivity index (χ0) is 23.4. The number of ketones is 2. The third kappa shape index (κ3) is 3.38. The van der Waals surface area contributed by atoms with Crippen LogP contribution in [0.1, 0.15) is 66.7 Å². The maximum absolute atomic E-state index is 13.3. The Morgan fingerprint density at radius 3 is 2.50 bits per heavy atom. The molecule has 7 atom stereocenters.